The molecule has 1 atom stereocenters. The first-order chi connectivity index (χ1) is 11.7. The summed E-state index contributed by atoms with van der Waals surface area (Å²) < 4.78 is 1.86. The monoisotopic (exact) mass is 336 g/mol. The lowest BCUT2D eigenvalue weighted by molar-refractivity contribution is 0.675. The van der Waals surface area contributed by atoms with E-state index < -0.39 is 0 Å². The van der Waals surface area contributed by atoms with E-state index in [1.165, 1.54) is 0 Å². The fourth-order valence-corrected chi connectivity index (χ4v) is 3.43. The predicted octanol–water partition coefficient (Wildman–Crippen LogP) is 3.66. The molecule has 1 N–H and O–H groups in total. The highest BCUT2D eigenvalue weighted by molar-refractivity contribution is 7.16. The molecule has 120 valence electrons. The summed E-state index contributed by atoms with van der Waals surface area (Å²) in [6.07, 6.45) is 3.55. The van der Waals surface area contributed by atoms with Gasteiger partial charge in [-0.1, -0.05) is 6.07 Å². The number of hydrogen-bond acceptors (Lipinski definition) is 6. The lowest BCUT2D eigenvalue weighted by Gasteiger charge is -2.16. The minimum absolute atomic E-state index is 0.0760. The molecule has 6 nitrogen and oxygen atoms in total. The van der Waals surface area contributed by atoms with Crippen LogP contribution in [0.5, 0.6) is 0 Å². The van der Waals surface area contributed by atoms with Gasteiger partial charge in [0.25, 0.3) is 0 Å². The molecule has 0 aliphatic carbocycles. The second kappa shape index (κ2) is 6.01. The number of nitrogens with one attached hydrogen (secondary N) is 1. The summed E-state index contributed by atoms with van der Waals surface area (Å²) in [4.78, 5) is 14.7. The molecule has 0 bridgehead atoms. The van der Waals surface area contributed by atoms with Crippen LogP contribution in [0.3, 0.4) is 0 Å². The van der Waals surface area contributed by atoms with Gasteiger partial charge in [0.15, 0.2) is 5.82 Å². The largest absolute Gasteiger partial charge is 0.361 e. The number of anilines is 1. The zero-order chi connectivity index (χ0) is 16.5. The van der Waals surface area contributed by atoms with E-state index in [0.717, 1.165) is 27.4 Å². The molecular formula is C17H16N6S. The Morgan fingerprint density at radius 2 is 2.04 bits per heavy atom. The highest BCUT2D eigenvalue weighted by Crippen LogP contribution is 2.30. The fourth-order valence-electron chi connectivity index (χ4n) is 2.66. The van der Waals surface area contributed by atoms with E-state index in [-0.39, 0.29) is 6.04 Å². The van der Waals surface area contributed by atoms with Gasteiger partial charge >= 0.3 is 0 Å². The number of nitrogens with zero attached hydrogens (tertiary/aromatic N) is 5. The van der Waals surface area contributed by atoms with Crippen LogP contribution in [-0.2, 0) is 7.05 Å². The van der Waals surface area contributed by atoms with E-state index >= 15 is 0 Å². The molecule has 0 fully saturated rings. The van der Waals surface area contributed by atoms with Crippen LogP contribution in [0, 0.1) is 0 Å². The van der Waals surface area contributed by atoms with Crippen molar-refractivity contribution in [3.05, 3.63) is 53.8 Å². The maximum absolute atomic E-state index is 4.72. The first-order valence-electron chi connectivity index (χ1n) is 7.63. The second-order valence-electron chi connectivity index (χ2n) is 5.50. The van der Waals surface area contributed by atoms with Crippen LogP contribution in [0.2, 0.25) is 0 Å². The topological polar surface area (TPSA) is 68.5 Å². The molecule has 0 aliphatic rings. The van der Waals surface area contributed by atoms with Gasteiger partial charge in [-0.15, -0.1) is 11.3 Å². The molecule has 24 heavy (non-hydrogen) atoms. The SMILES string of the molecule is C[C@@H](Nc1nc(-c2ccccn2)nc2sccc12)c1ccnn1C. The Morgan fingerprint density at radius 3 is 2.79 bits per heavy atom. The smallest absolute Gasteiger partial charge is 0.181 e. The fraction of sp³-hybridized carbons (Fsp3) is 0.176. The molecule has 0 spiro atoms. The van der Waals surface area contributed by atoms with Crippen LogP contribution in [0.25, 0.3) is 21.7 Å². The first kappa shape index (κ1) is 14.8. The molecule has 0 unspecified atom stereocenters. The summed E-state index contributed by atoms with van der Waals surface area (Å²) in [5, 5.41) is 10.8. The zero-order valence-electron chi connectivity index (χ0n) is 13.3. The van der Waals surface area contributed by atoms with E-state index in [1.54, 1.807) is 23.7 Å². The van der Waals surface area contributed by atoms with Crippen molar-refractivity contribution in [3.8, 4) is 11.5 Å². The second-order valence-corrected chi connectivity index (χ2v) is 6.39. The van der Waals surface area contributed by atoms with Crippen LogP contribution in [-0.4, -0.2) is 24.7 Å². The van der Waals surface area contributed by atoms with Crippen molar-refractivity contribution in [2.75, 3.05) is 5.32 Å². The summed E-state index contributed by atoms with van der Waals surface area (Å²) in [7, 11) is 1.94. The Kier molecular flexibility index (Phi) is 3.70. The highest BCUT2D eigenvalue weighted by Gasteiger charge is 2.15. The summed E-state index contributed by atoms with van der Waals surface area (Å²) >= 11 is 1.60. The lowest BCUT2D eigenvalue weighted by Crippen LogP contribution is -2.13. The number of hydrogen-bond donors (Lipinski definition) is 1. The quantitative estimate of drug-likeness (QED) is 0.616. The van der Waals surface area contributed by atoms with Crippen LogP contribution in [0.15, 0.2) is 48.1 Å². The average molecular weight is 336 g/mol. The molecule has 4 heterocycles. The molecule has 0 saturated carbocycles. The van der Waals surface area contributed by atoms with Crippen LogP contribution >= 0.6 is 11.3 Å². The van der Waals surface area contributed by atoms with E-state index in [4.69, 9.17) is 4.98 Å². The van der Waals surface area contributed by atoms with Gasteiger partial charge in [0.2, 0.25) is 0 Å². The van der Waals surface area contributed by atoms with E-state index in [9.17, 15) is 0 Å². The van der Waals surface area contributed by atoms with Gasteiger partial charge in [0.05, 0.1) is 17.1 Å². The Morgan fingerprint density at radius 1 is 1.12 bits per heavy atom. The molecule has 7 heteroatoms. The van der Waals surface area contributed by atoms with Gasteiger partial charge in [-0.05, 0) is 36.6 Å². The molecule has 4 aromatic heterocycles. The molecule has 0 radical (unpaired) electrons. The molecule has 0 aliphatic heterocycles. The number of rotatable bonds is 4. The predicted molar refractivity (Wildman–Crippen MR) is 95.9 cm³/mol. The lowest BCUT2D eigenvalue weighted by atomic mass is 10.2. The average Bonchev–Trinajstić information content (AvgIpc) is 3.24. The van der Waals surface area contributed by atoms with Gasteiger partial charge in [0.1, 0.15) is 16.3 Å². The van der Waals surface area contributed by atoms with Crippen molar-refractivity contribution < 1.29 is 0 Å². The summed E-state index contributed by atoms with van der Waals surface area (Å²) in [5.41, 5.74) is 1.86. The first-order valence-corrected chi connectivity index (χ1v) is 8.51. The summed E-state index contributed by atoms with van der Waals surface area (Å²) in [6, 6.07) is 9.87. The van der Waals surface area contributed by atoms with Gasteiger partial charge < -0.3 is 5.32 Å². The zero-order valence-corrected chi connectivity index (χ0v) is 14.2. The molecule has 0 amide bonds. The highest BCUT2D eigenvalue weighted by atomic mass is 32.1. The minimum Gasteiger partial charge on any atom is -0.361 e. The van der Waals surface area contributed by atoms with Gasteiger partial charge in [-0.25, -0.2) is 9.97 Å². The molecule has 0 saturated heterocycles. The number of aromatic nitrogens is 5. The van der Waals surface area contributed by atoms with Crippen molar-refractivity contribution in [2.45, 2.75) is 13.0 Å². The summed E-state index contributed by atoms with van der Waals surface area (Å²) in [6.45, 7) is 2.10. The van der Waals surface area contributed by atoms with Crippen molar-refractivity contribution in [1.82, 2.24) is 24.7 Å². The number of thiophene rings is 1. The van der Waals surface area contributed by atoms with Gasteiger partial charge in [-0.2, -0.15) is 5.10 Å². The number of pyridine rings is 1. The minimum atomic E-state index is 0.0760. The van der Waals surface area contributed by atoms with E-state index in [1.807, 2.05) is 47.4 Å². The van der Waals surface area contributed by atoms with Crippen LogP contribution in [0.4, 0.5) is 5.82 Å². The molecule has 4 rings (SSSR count). The molecular weight excluding hydrogens is 320 g/mol. The summed E-state index contributed by atoms with van der Waals surface area (Å²) in [5.74, 6) is 1.45. The van der Waals surface area contributed by atoms with Gasteiger partial charge in [0, 0.05) is 19.4 Å². The van der Waals surface area contributed by atoms with Crippen molar-refractivity contribution in [3.63, 3.8) is 0 Å². The number of aryl methyl sites for hydroxylation is 1. The molecule has 0 aromatic carbocycles. The maximum atomic E-state index is 4.72. The van der Waals surface area contributed by atoms with Crippen molar-refractivity contribution >= 4 is 27.4 Å². The Hall–Kier alpha value is -2.80. The Bertz CT molecular complexity index is 975. The van der Waals surface area contributed by atoms with Crippen molar-refractivity contribution in [1.29, 1.82) is 0 Å². The van der Waals surface area contributed by atoms with Crippen molar-refractivity contribution in [2.24, 2.45) is 7.05 Å². The van der Waals surface area contributed by atoms with Gasteiger partial charge in [-0.3, -0.25) is 9.67 Å². The Labute approximate surface area is 143 Å². The van der Waals surface area contributed by atoms with E-state index in [2.05, 4.69) is 27.3 Å². The maximum Gasteiger partial charge on any atom is 0.181 e. The Balaban J connectivity index is 1.77. The van der Waals surface area contributed by atoms with E-state index in [0.29, 0.717) is 5.82 Å². The van der Waals surface area contributed by atoms with Crippen LogP contribution in [0.1, 0.15) is 18.7 Å². The third-order valence-electron chi connectivity index (χ3n) is 3.87. The standard InChI is InChI=1S/C17H16N6S/c1-11(14-6-9-19-23(14)2)20-15-12-7-10-24-17(12)22-16(21-15)13-5-3-4-8-18-13/h3-11H,1-2H3,(H,20,21,22)/t11-/m1/s1. The van der Waals surface area contributed by atoms with Crippen LogP contribution < -0.4 is 5.32 Å². The molecule has 4 aromatic rings. The number of fused-ring (bicyclic) bond motifs is 1. The third kappa shape index (κ3) is 2.63. The third-order valence-corrected chi connectivity index (χ3v) is 4.68. The normalized spacial score (nSPS) is 12.4.